The summed E-state index contributed by atoms with van der Waals surface area (Å²) in [6.07, 6.45) is -4.69. The summed E-state index contributed by atoms with van der Waals surface area (Å²) in [6, 6.07) is 4.10. The van der Waals surface area contributed by atoms with Gasteiger partial charge >= 0.3 is 12.1 Å². The number of hydrogen-bond acceptors (Lipinski definition) is 4. The second-order valence-electron chi connectivity index (χ2n) is 7.12. The third kappa shape index (κ3) is 3.53. The molecule has 0 bridgehead atoms. The highest BCUT2D eigenvalue weighted by molar-refractivity contribution is 6.35. The van der Waals surface area contributed by atoms with Gasteiger partial charge in [0.15, 0.2) is 5.75 Å². The molecule has 2 aliphatic rings. The molecule has 0 spiro atoms. The molecule has 1 fully saturated rings. The van der Waals surface area contributed by atoms with E-state index in [-0.39, 0.29) is 40.7 Å². The summed E-state index contributed by atoms with van der Waals surface area (Å²) in [5, 5.41) is 10.9. The van der Waals surface area contributed by atoms with E-state index in [2.05, 4.69) is 0 Å². The minimum Gasteiger partial charge on any atom is -0.455 e. The van der Waals surface area contributed by atoms with E-state index in [1.807, 2.05) is 5.32 Å². The van der Waals surface area contributed by atoms with E-state index in [9.17, 15) is 32.0 Å². The number of benzene rings is 2. The van der Waals surface area contributed by atoms with Gasteiger partial charge in [-0.25, -0.2) is 8.78 Å². The van der Waals surface area contributed by atoms with Crippen molar-refractivity contribution in [2.75, 3.05) is 11.4 Å². The molecule has 2 unspecified atom stereocenters. The van der Waals surface area contributed by atoms with Gasteiger partial charge in [-0.05, 0) is 25.0 Å². The van der Waals surface area contributed by atoms with Crippen LogP contribution >= 0.6 is 11.6 Å². The Hall–Kier alpha value is -3.06. The van der Waals surface area contributed by atoms with E-state index < -0.39 is 41.4 Å². The lowest BCUT2D eigenvalue weighted by Crippen LogP contribution is -2.53. The number of amides is 1. The van der Waals surface area contributed by atoms with Gasteiger partial charge < -0.3 is 15.0 Å². The maximum Gasteiger partial charge on any atom is 0.471 e. The molecule has 1 amide bonds. The van der Waals surface area contributed by atoms with Gasteiger partial charge in [-0.1, -0.05) is 17.7 Å². The molecule has 2 aromatic rings. The monoisotopic (exact) mass is 457 g/mol. The van der Waals surface area contributed by atoms with Crippen molar-refractivity contribution >= 4 is 23.2 Å². The smallest absolute Gasteiger partial charge is 0.455 e. The van der Waals surface area contributed by atoms with Crippen LogP contribution in [-0.4, -0.2) is 24.7 Å². The summed E-state index contributed by atoms with van der Waals surface area (Å²) in [7, 11) is 0. The first kappa shape index (κ1) is 21.2. The van der Waals surface area contributed by atoms with Crippen molar-refractivity contribution in [2.45, 2.75) is 31.1 Å². The highest BCUT2D eigenvalue weighted by atomic mass is 35.5. The molecule has 0 aliphatic carbocycles. The third-order valence-electron chi connectivity index (χ3n) is 5.29. The molecule has 0 radical (unpaired) electrons. The number of alkyl halides is 3. The Labute approximate surface area is 178 Å². The van der Waals surface area contributed by atoms with Gasteiger partial charge in [0.1, 0.15) is 34.7 Å². The number of anilines is 1. The van der Waals surface area contributed by atoms with Crippen LogP contribution in [0.2, 0.25) is 5.02 Å². The maximum atomic E-state index is 14.9. The fraction of sp³-hybridized carbons (Fsp3) is 0.300. The van der Waals surface area contributed by atoms with E-state index in [0.717, 1.165) is 12.1 Å². The second-order valence-corrected chi connectivity index (χ2v) is 7.50. The zero-order valence-corrected chi connectivity index (χ0v) is 16.3. The summed E-state index contributed by atoms with van der Waals surface area (Å²) in [5.74, 6) is -4.06. The van der Waals surface area contributed by atoms with Crippen molar-refractivity contribution in [3.8, 4) is 17.6 Å². The standard InChI is InChI=1S/C20H13ClF5N3O2/c21-16-9(8-27)11(23)7-14-18(16)29-6-2-4-12(28-19(30)20(24,25)26)17(29)15-10(22)3-1-5-13(15)31-14/h1,3,5,7,12,17H,2,4,6H2,(H,28,30). The fourth-order valence-corrected chi connectivity index (χ4v) is 4.39. The van der Waals surface area contributed by atoms with E-state index in [1.54, 1.807) is 6.07 Å². The second kappa shape index (κ2) is 7.57. The molecule has 0 aromatic heterocycles. The van der Waals surface area contributed by atoms with Crippen LogP contribution in [0.1, 0.15) is 30.0 Å². The Kier molecular flexibility index (Phi) is 5.17. The molecular formula is C20H13ClF5N3O2. The first-order valence-corrected chi connectivity index (χ1v) is 9.54. The van der Waals surface area contributed by atoms with Crippen LogP contribution in [0.4, 0.5) is 27.6 Å². The van der Waals surface area contributed by atoms with Crippen molar-refractivity contribution in [3.05, 3.63) is 52.0 Å². The highest BCUT2D eigenvalue weighted by Crippen LogP contribution is 2.52. The lowest BCUT2D eigenvalue weighted by Gasteiger charge is -2.42. The van der Waals surface area contributed by atoms with E-state index in [1.165, 1.54) is 17.0 Å². The SMILES string of the molecule is N#Cc1c(F)cc2c(c1Cl)N1CCCC(NC(=O)C(F)(F)F)C1c1c(F)cccc1O2. The van der Waals surface area contributed by atoms with Crippen molar-refractivity contribution in [1.29, 1.82) is 5.26 Å². The van der Waals surface area contributed by atoms with Crippen molar-refractivity contribution < 1.29 is 31.5 Å². The Balaban J connectivity index is 1.93. The first-order chi connectivity index (χ1) is 14.6. The van der Waals surface area contributed by atoms with Gasteiger partial charge in [-0.3, -0.25) is 4.79 Å². The van der Waals surface area contributed by atoms with Gasteiger partial charge in [0.25, 0.3) is 0 Å². The Bertz CT molecular complexity index is 1120. The minimum absolute atomic E-state index is 0.0474. The third-order valence-corrected chi connectivity index (χ3v) is 5.66. The van der Waals surface area contributed by atoms with Crippen molar-refractivity contribution in [3.63, 3.8) is 0 Å². The summed E-state index contributed by atoms with van der Waals surface area (Å²) in [5.41, 5.74) is -0.525. The van der Waals surface area contributed by atoms with Crippen LogP contribution in [-0.2, 0) is 4.79 Å². The Morgan fingerprint density at radius 2 is 2.00 bits per heavy atom. The zero-order chi connectivity index (χ0) is 22.5. The minimum atomic E-state index is -5.13. The van der Waals surface area contributed by atoms with Crippen LogP contribution in [0, 0.1) is 23.0 Å². The molecular weight excluding hydrogens is 445 g/mol. The zero-order valence-electron chi connectivity index (χ0n) is 15.6. The average molecular weight is 458 g/mol. The van der Waals surface area contributed by atoms with Crippen LogP contribution in [0.5, 0.6) is 11.5 Å². The van der Waals surface area contributed by atoms with Crippen molar-refractivity contribution in [2.24, 2.45) is 0 Å². The quantitative estimate of drug-likeness (QED) is 0.613. The molecule has 1 N–H and O–H groups in total. The molecule has 0 saturated carbocycles. The number of nitrogens with zero attached hydrogens (tertiary/aromatic N) is 2. The van der Waals surface area contributed by atoms with Gasteiger partial charge in [-0.15, -0.1) is 0 Å². The molecule has 1 saturated heterocycles. The number of fused-ring (bicyclic) bond motifs is 5. The predicted molar refractivity (Wildman–Crippen MR) is 99.9 cm³/mol. The largest absolute Gasteiger partial charge is 0.471 e. The van der Waals surface area contributed by atoms with Crippen LogP contribution in [0.15, 0.2) is 24.3 Å². The number of carbonyl (C=O) groups is 1. The number of ether oxygens (including phenoxy) is 1. The van der Waals surface area contributed by atoms with Gasteiger partial charge in [0, 0.05) is 12.6 Å². The van der Waals surface area contributed by atoms with Gasteiger partial charge in [-0.2, -0.15) is 18.4 Å². The Morgan fingerprint density at radius 3 is 2.68 bits per heavy atom. The summed E-state index contributed by atoms with van der Waals surface area (Å²) < 4.78 is 73.7. The van der Waals surface area contributed by atoms with Crippen LogP contribution < -0.4 is 15.0 Å². The Morgan fingerprint density at radius 1 is 1.26 bits per heavy atom. The van der Waals surface area contributed by atoms with E-state index in [4.69, 9.17) is 16.3 Å². The number of carbonyl (C=O) groups excluding carboxylic acids is 1. The lowest BCUT2D eigenvalue weighted by molar-refractivity contribution is -0.174. The number of halogens is 6. The number of rotatable bonds is 1. The summed E-state index contributed by atoms with van der Waals surface area (Å²) >= 11 is 6.29. The maximum absolute atomic E-state index is 14.9. The molecule has 2 aromatic carbocycles. The molecule has 31 heavy (non-hydrogen) atoms. The molecule has 2 aliphatic heterocycles. The lowest BCUT2D eigenvalue weighted by atomic mass is 9.89. The highest BCUT2D eigenvalue weighted by Gasteiger charge is 2.46. The van der Waals surface area contributed by atoms with E-state index in [0.29, 0.717) is 6.42 Å². The van der Waals surface area contributed by atoms with Gasteiger partial charge in [0.2, 0.25) is 0 Å². The first-order valence-electron chi connectivity index (χ1n) is 9.16. The molecule has 2 atom stereocenters. The molecule has 162 valence electrons. The summed E-state index contributed by atoms with van der Waals surface area (Å²) in [6.45, 7) is 0.198. The number of piperidine rings is 1. The van der Waals surface area contributed by atoms with Crippen LogP contribution in [0.25, 0.3) is 0 Å². The molecule has 5 nitrogen and oxygen atoms in total. The van der Waals surface area contributed by atoms with Crippen LogP contribution in [0.3, 0.4) is 0 Å². The number of nitrogens with one attached hydrogen (secondary N) is 1. The predicted octanol–water partition coefficient (Wildman–Crippen LogP) is 4.98. The number of hydrogen-bond donors (Lipinski definition) is 1. The molecule has 2 heterocycles. The van der Waals surface area contributed by atoms with E-state index >= 15 is 0 Å². The normalized spacial score (nSPS) is 19.8. The number of nitriles is 1. The fourth-order valence-electron chi connectivity index (χ4n) is 4.05. The molecule has 4 rings (SSSR count). The van der Waals surface area contributed by atoms with Gasteiger partial charge in [0.05, 0.1) is 22.7 Å². The average Bonchev–Trinajstić information content (AvgIpc) is 2.83. The topological polar surface area (TPSA) is 65.4 Å². The van der Waals surface area contributed by atoms with Crippen molar-refractivity contribution in [1.82, 2.24) is 5.32 Å². The summed E-state index contributed by atoms with van der Waals surface area (Å²) in [4.78, 5) is 13.1. The molecule has 11 heteroatoms.